The van der Waals surface area contributed by atoms with Crippen LogP contribution >= 0.6 is 34.8 Å². The predicted octanol–water partition coefficient (Wildman–Crippen LogP) is 3.23. The maximum absolute atomic E-state index is 6.13. The molecule has 4 heteroatoms. The summed E-state index contributed by atoms with van der Waals surface area (Å²) in [7, 11) is 0. The monoisotopic (exact) mass is 226 g/mol. The van der Waals surface area contributed by atoms with Crippen LogP contribution in [0.15, 0.2) is 12.7 Å². The van der Waals surface area contributed by atoms with E-state index in [1.54, 1.807) is 6.08 Å². The van der Waals surface area contributed by atoms with Crippen LogP contribution in [0.4, 0.5) is 0 Å². The highest BCUT2D eigenvalue weighted by Gasteiger charge is 2.78. The number of rotatable bonds is 1. The molecule has 0 spiro atoms. The van der Waals surface area contributed by atoms with Crippen LogP contribution in [0.2, 0.25) is 0 Å². The summed E-state index contributed by atoms with van der Waals surface area (Å²) in [6.07, 6.45) is 4.02. The van der Waals surface area contributed by atoms with Crippen molar-refractivity contribution in [3.8, 4) is 0 Å². The molecule has 1 saturated heterocycles. The second-order valence-electron chi connectivity index (χ2n) is 3.33. The molecule has 68 valence electrons. The Labute approximate surface area is 86.6 Å². The fourth-order valence-electron chi connectivity index (χ4n) is 1.88. The van der Waals surface area contributed by atoms with Gasteiger partial charge in [-0.05, 0) is 19.3 Å². The number of hydrogen-bond acceptors (Lipinski definition) is 1. The van der Waals surface area contributed by atoms with Crippen LogP contribution in [0.25, 0.3) is 0 Å². The lowest BCUT2D eigenvalue weighted by atomic mass is 9.87. The molecule has 2 fully saturated rings. The number of ether oxygens (including phenoxy) is 1. The highest BCUT2D eigenvalue weighted by molar-refractivity contribution is 6.51. The van der Waals surface area contributed by atoms with Gasteiger partial charge in [0.2, 0.25) is 0 Å². The van der Waals surface area contributed by atoms with Gasteiger partial charge in [-0.25, -0.2) is 0 Å². The van der Waals surface area contributed by atoms with E-state index in [4.69, 9.17) is 39.5 Å². The van der Waals surface area contributed by atoms with E-state index in [1.165, 1.54) is 0 Å². The molecule has 2 aliphatic rings. The minimum absolute atomic E-state index is 0.684. The first-order chi connectivity index (χ1) is 5.47. The highest BCUT2D eigenvalue weighted by atomic mass is 35.5. The zero-order valence-corrected chi connectivity index (χ0v) is 8.72. The molecule has 2 atom stereocenters. The smallest absolute Gasteiger partial charge is 0.178 e. The van der Waals surface area contributed by atoms with Crippen molar-refractivity contribution in [3.63, 3.8) is 0 Å². The Morgan fingerprint density at radius 2 is 1.92 bits per heavy atom. The van der Waals surface area contributed by atoms with Crippen LogP contribution < -0.4 is 0 Å². The molecule has 1 aliphatic carbocycles. The summed E-state index contributed by atoms with van der Waals surface area (Å²) in [6, 6.07) is 0. The molecular formula is C8H9Cl3O. The van der Waals surface area contributed by atoms with Crippen molar-refractivity contribution in [2.24, 2.45) is 0 Å². The van der Waals surface area contributed by atoms with Gasteiger partial charge in [0, 0.05) is 0 Å². The van der Waals surface area contributed by atoms with Gasteiger partial charge >= 0.3 is 0 Å². The first-order valence-electron chi connectivity index (χ1n) is 3.88. The largest absolute Gasteiger partial charge is 0.338 e. The molecule has 0 aromatic rings. The van der Waals surface area contributed by atoms with E-state index in [9.17, 15) is 0 Å². The van der Waals surface area contributed by atoms with Gasteiger partial charge in [0.15, 0.2) is 15.0 Å². The molecule has 1 saturated carbocycles. The van der Waals surface area contributed by atoms with Crippen LogP contribution in [0.1, 0.15) is 19.3 Å². The van der Waals surface area contributed by atoms with Crippen molar-refractivity contribution >= 4 is 34.8 Å². The minimum Gasteiger partial charge on any atom is -0.338 e. The van der Waals surface area contributed by atoms with E-state index in [2.05, 4.69) is 6.58 Å². The molecule has 2 rings (SSSR count). The predicted molar refractivity (Wildman–Crippen MR) is 50.9 cm³/mol. The van der Waals surface area contributed by atoms with Crippen molar-refractivity contribution in [1.82, 2.24) is 0 Å². The zero-order chi connectivity index (χ0) is 9.04. The summed E-state index contributed by atoms with van der Waals surface area (Å²) < 4.78 is 4.49. The first kappa shape index (κ1) is 9.14. The fourth-order valence-corrected chi connectivity index (χ4v) is 3.28. The van der Waals surface area contributed by atoms with E-state index in [1.807, 2.05) is 0 Å². The fraction of sp³-hybridized carbons (Fsp3) is 0.750. The highest BCUT2D eigenvalue weighted by Crippen LogP contribution is 2.68. The lowest BCUT2D eigenvalue weighted by Gasteiger charge is -2.30. The Morgan fingerprint density at radius 1 is 1.25 bits per heavy atom. The van der Waals surface area contributed by atoms with Gasteiger partial charge in [0.1, 0.15) is 0 Å². The zero-order valence-electron chi connectivity index (χ0n) is 6.45. The Kier molecular flexibility index (Phi) is 1.77. The summed E-state index contributed by atoms with van der Waals surface area (Å²) >= 11 is 18.3. The van der Waals surface area contributed by atoms with Gasteiger partial charge in [-0.3, -0.25) is 0 Å². The average Bonchev–Trinajstić information content (AvgIpc) is 2.58. The van der Waals surface area contributed by atoms with Gasteiger partial charge < -0.3 is 4.74 Å². The van der Waals surface area contributed by atoms with E-state index in [0.29, 0.717) is 6.42 Å². The van der Waals surface area contributed by atoms with Gasteiger partial charge in [-0.1, -0.05) is 47.5 Å². The Morgan fingerprint density at radius 3 is 2.33 bits per heavy atom. The Hall–Kier alpha value is 0.570. The molecule has 0 unspecified atom stereocenters. The van der Waals surface area contributed by atoms with Gasteiger partial charge in [0.05, 0.1) is 0 Å². The van der Waals surface area contributed by atoms with E-state index in [-0.39, 0.29) is 0 Å². The Balaban J connectivity index is 2.36. The topological polar surface area (TPSA) is 12.5 Å². The molecule has 0 N–H and O–H groups in total. The second-order valence-corrected chi connectivity index (χ2v) is 5.42. The van der Waals surface area contributed by atoms with E-state index < -0.39 is 15.0 Å². The number of epoxide rings is 1. The number of fused-ring (bicyclic) bond motifs is 1. The van der Waals surface area contributed by atoms with Crippen molar-refractivity contribution in [2.75, 3.05) is 0 Å². The van der Waals surface area contributed by atoms with Crippen molar-refractivity contribution < 1.29 is 4.74 Å². The molecule has 0 aromatic carbocycles. The van der Waals surface area contributed by atoms with Gasteiger partial charge in [-0.15, -0.1) is 0 Å². The number of alkyl halides is 3. The summed E-state index contributed by atoms with van der Waals surface area (Å²) in [5, 5.41) is -0.684. The molecule has 0 radical (unpaired) electrons. The van der Waals surface area contributed by atoms with E-state index in [0.717, 1.165) is 12.8 Å². The normalized spacial score (nSPS) is 49.6. The molecule has 0 aromatic heterocycles. The van der Waals surface area contributed by atoms with Crippen LogP contribution in [-0.2, 0) is 4.74 Å². The van der Waals surface area contributed by atoms with Gasteiger partial charge in [-0.2, -0.15) is 0 Å². The molecule has 0 amide bonds. The number of halogens is 3. The molecular weight excluding hydrogens is 218 g/mol. The van der Waals surface area contributed by atoms with Crippen molar-refractivity contribution in [3.05, 3.63) is 12.7 Å². The summed E-state index contributed by atoms with van der Waals surface area (Å²) in [4.78, 5) is 0. The van der Waals surface area contributed by atoms with Gasteiger partial charge in [0.25, 0.3) is 0 Å². The molecule has 0 bridgehead atoms. The summed E-state index contributed by atoms with van der Waals surface area (Å²) in [5.74, 6) is 0. The maximum atomic E-state index is 6.13. The molecule has 1 heterocycles. The van der Waals surface area contributed by atoms with Crippen LogP contribution in [-0.4, -0.2) is 15.0 Å². The third kappa shape index (κ3) is 0.859. The maximum Gasteiger partial charge on any atom is 0.178 e. The summed E-state index contributed by atoms with van der Waals surface area (Å²) in [6.45, 7) is 3.66. The van der Waals surface area contributed by atoms with Crippen LogP contribution in [0, 0.1) is 0 Å². The first-order valence-corrected chi connectivity index (χ1v) is 5.01. The number of hydrogen-bond donors (Lipinski definition) is 0. The van der Waals surface area contributed by atoms with Crippen molar-refractivity contribution in [1.29, 1.82) is 0 Å². The molecule has 12 heavy (non-hydrogen) atoms. The standard InChI is InChI=1S/C8H9Cl3O/c1-2-6-7(9,10)4-3-5-8(6,11)12-6/h2H,1,3-5H2/t6-,8-/m1/s1. The van der Waals surface area contributed by atoms with Crippen molar-refractivity contribution in [2.45, 2.75) is 34.3 Å². The third-order valence-electron chi connectivity index (χ3n) is 2.66. The van der Waals surface area contributed by atoms with Crippen LogP contribution in [0.5, 0.6) is 0 Å². The van der Waals surface area contributed by atoms with E-state index >= 15 is 0 Å². The Bertz CT molecular complexity index is 240. The molecule has 1 aliphatic heterocycles. The SMILES string of the molecule is C=C[C@]12O[C@]1(Cl)CCCC2(Cl)Cl. The summed E-state index contributed by atoms with van der Waals surface area (Å²) in [5.41, 5.74) is -0.719. The minimum atomic E-state index is -0.908. The lowest BCUT2D eigenvalue weighted by Crippen LogP contribution is -2.41. The third-order valence-corrected chi connectivity index (χ3v) is 4.14. The second kappa shape index (κ2) is 2.33. The molecule has 1 nitrogen and oxygen atoms in total. The lowest BCUT2D eigenvalue weighted by molar-refractivity contribution is 0.312. The average molecular weight is 228 g/mol. The quantitative estimate of drug-likeness (QED) is 0.381. The van der Waals surface area contributed by atoms with Crippen LogP contribution in [0.3, 0.4) is 0 Å².